The molecule has 0 bridgehead atoms. The summed E-state index contributed by atoms with van der Waals surface area (Å²) < 4.78 is 32.4. The number of amides is 1. The molecule has 2 saturated heterocycles. The third-order valence-electron chi connectivity index (χ3n) is 5.12. The molecule has 8 nitrogen and oxygen atoms in total. The molecule has 0 saturated carbocycles. The predicted molar refractivity (Wildman–Crippen MR) is 100 cm³/mol. The predicted octanol–water partition coefficient (Wildman–Crippen LogP) is -0.234. The minimum atomic E-state index is -3.64. The second kappa shape index (κ2) is 8.66. The van der Waals surface area contributed by atoms with Gasteiger partial charge in [-0.15, -0.1) is 0 Å². The number of piperazine rings is 1. The molecule has 1 aromatic rings. The van der Waals surface area contributed by atoms with Crippen LogP contribution >= 0.6 is 0 Å². The quantitative estimate of drug-likeness (QED) is 0.738. The number of nitrogens with zero attached hydrogens (tertiary/aromatic N) is 3. The number of aryl methyl sites for hydroxylation is 1. The van der Waals surface area contributed by atoms with Gasteiger partial charge in [0.25, 0.3) is 5.91 Å². The SMILES string of the molecule is Cc1ccc(S(=O)(=O)N2CCOCC2)cc1C(=O)N1CCN(CCO)CC1. The van der Waals surface area contributed by atoms with Gasteiger partial charge in [0.15, 0.2) is 0 Å². The van der Waals surface area contributed by atoms with E-state index in [9.17, 15) is 13.2 Å². The number of hydrogen-bond donors (Lipinski definition) is 1. The molecular formula is C18H27N3O5S. The van der Waals surface area contributed by atoms with Crippen molar-refractivity contribution in [2.24, 2.45) is 0 Å². The third kappa shape index (κ3) is 4.49. The topological polar surface area (TPSA) is 90.4 Å². The van der Waals surface area contributed by atoms with Crippen LogP contribution in [0.2, 0.25) is 0 Å². The van der Waals surface area contributed by atoms with Gasteiger partial charge in [-0.05, 0) is 24.6 Å². The van der Waals surface area contributed by atoms with Crippen molar-refractivity contribution in [3.8, 4) is 0 Å². The van der Waals surface area contributed by atoms with Crippen molar-refractivity contribution in [3.63, 3.8) is 0 Å². The summed E-state index contributed by atoms with van der Waals surface area (Å²) in [7, 11) is -3.64. The third-order valence-corrected chi connectivity index (χ3v) is 7.02. The highest BCUT2D eigenvalue weighted by molar-refractivity contribution is 7.89. The van der Waals surface area contributed by atoms with E-state index >= 15 is 0 Å². The molecule has 0 aliphatic carbocycles. The van der Waals surface area contributed by atoms with Gasteiger partial charge >= 0.3 is 0 Å². The second-order valence-corrected chi connectivity index (χ2v) is 8.79. The fourth-order valence-electron chi connectivity index (χ4n) is 3.41. The maximum Gasteiger partial charge on any atom is 0.254 e. The summed E-state index contributed by atoms with van der Waals surface area (Å²) in [6.45, 7) is 6.50. The number of aliphatic hydroxyl groups is 1. The van der Waals surface area contributed by atoms with Gasteiger partial charge in [0.05, 0.1) is 24.7 Å². The van der Waals surface area contributed by atoms with E-state index < -0.39 is 10.0 Å². The standard InChI is InChI=1S/C18H27N3O5S/c1-15-2-3-16(27(24,25)21-9-12-26-13-10-21)14-17(15)18(23)20-6-4-19(5-7-20)8-11-22/h2-3,14,22H,4-13H2,1H3. The monoisotopic (exact) mass is 397 g/mol. The Kier molecular flexibility index (Phi) is 6.48. The Morgan fingerprint density at radius 1 is 1.11 bits per heavy atom. The zero-order valence-corrected chi connectivity index (χ0v) is 16.4. The van der Waals surface area contributed by atoms with E-state index in [-0.39, 0.29) is 17.4 Å². The van der Waals surface area contributed by atoms with E-state index in [4.69, 9.17) is 9.84 Å². The van der Waals surface area contributed by atoms with E-state index in [1.54, 1.807) is 17.0 Å². The molecule has 1 amide bonds. The Morgan fingerprint density at radius 2 is 1.78 bits per heavy atom. The number of carbonyl (C=O) groups excluding carboxylic acids is 1. The average Bonchev–Trinajstić information content (AvgIpc) is 2.69. The van der Waals surface area contributed by atoms with Crippen LogP contribution in [0.15, 0.2) is 23.1 Å². The van der Waals surface area contributed by atoms with Crippen molar-refractivity contribution in [2.45, 2.75) is 11.8 Å². The summed E-state index contributed by atoms with van der Waals surface area (Å²) in [5, 5.41) is 9.03. The lowest BCUT2D eigenvalue weighted by molar-refractivity contribution is 0.0614. The molecule has 2 fully saturated rings. The van der Waals surface area contributed by atoms with Crippen LogP contribution in [-0.2, 0) is 14.8 Å². The van der Waals surface area contributed by atoms with Crippen LogP contribution in [0, 0.1) is 6.92 Å². The molecule has 9 heteroatoms. The van der Waals surface area contributed by atoms with Gasteiger partial charge in [0, 0.05) is 51.4 Å². The number of rotatable bonds is 5. The van der Waals surface area contributed by atoms with E-state index in [1.165, 1.54) is 10.4 Å². The smallest absolute Gasteiger partial charge is 0.254 e. The van der Waals surface area contributed by atoms with Crippen molar-refractivity contribution >= 4 is 15.9 Å². The van der Waals surface area contributed by atoms with Crippen molar-refractivity contribution in [3.05, 3.63) is 29.3 Å². The normalized spacial score (nSPS) is 20.0. The Labute approximate surface area is 160 Å². The molecule has 27 heavy (non-hydrogen) atoms. The number of ether oxygens (including phenoxy) is 1. The number of sulfonamides is 1. The first-order chi connectivity index (χ1) is 12.9. The van der Waals surface area contributed by atoms with Crippen molar-refractivity contribution in [1.29, 1.82) is 0 Å². The lowest BCUT2D eigenvalue weighted by atomic mass is 10.1. The van der Waals surface area contributed by atoms with Crippen LogP contribution in [-0.4, -0.2) is 99.2 Å². The van der Waals surface area contributed by atoms with E-state index in [2.05, 4.69) is 4.90 Å². The molecule has 1 aromatic carbocycles. The first-order valence-electron chi connectivity index (χ1n) is 9.24. The summed E-state index contributed by atoms with van der Waals surface area (Å²) in [5.41, 5.74) is 1.19. The molecular weight excluding hydrogens is 370 g/mol. The van der Waals surface area contributed by atoms with Crippen LogP contribution in [0.3, 0.4) is 0 Å². The van der Waals surface area contributed by atoms with Gasteiger partial charge < -0.3 is 14.7 Å². The molecule has 2 aliphatic heterocycles. The number of aliphatic hydroxyl groups excluding tert-OH is 1. The maximum absolute atomic E-state index is 13.0. The van der Waals surface area contributed by atoms with Crippen LogP contribution in [0.1, 0.15) is 15.9 Å². The summed E-state index contributed by atoms with van der Waals surface area (Å²) in [6.07, 6.45) is 0. The summed E-state index contributed by atoms with van der Waals surface area (Å²) in [4.78, 5) is 17.0. The van der Waals surface area contributed by atoms with E-state index in [0.29, 0.717) is 64.6 Å². The van der Waals surface area contributed by atoms with Crippen molar-refractivity contribution < 1.29 is 23.1 Å². The van der Waals surface area contributed by atoms with E-state index in [1.807, 2.05) is 6.92 Å². The molecule has 0 spiro atoms. The average molecular weight is 397 g/mol. The number of carbonyl (C=O) groups is 1. The Bertz CT molecular complexity index is 769. The Hall–Kier alpha value is -1.52. The maximum atomic E-state index is 13.0. The first kappa shape index (κ1) is 20.2. The van der Waals surface area contributed by atoms with Crippen LogP contribution in [0.5, 0.6) is 0 Å². The van der Waals surface area contributed by atoms with Gasteiger partial charge in [0.2, 0.25) is 10.0 Å². The first-order valence-corrected chi connectivity index (χ1v) is 10.7. The summed E-state index contributed by atoms with van der Waals surface area (Å²) in [6, 6.07) is 4.77. The molecule has 3 rings (SSSR count). The molecule has 0 unspecified atom stereocenters. The summed E-state index contributed by atoms with van der Waals surface area (Å²) in [5.74, 6) is -0.143. The highest BCUT2D eigenvalue weighted by atomic mass is 32.2. The largest absolute Gasteiger partial charge is 0.395 e. The minimum Gasteiger partial charge on any atom is -0.395 e. The molecule has 0 atom stereocenters. The highest BCUT2D eigenvalue weighted by Gasteiger charge is 2.29. The van der Waals surface area contributed by atoms with Crippen LogP contribution < -0.4 is 0 Å². The van der Waals surface area contributed by atoms with Gasteiger partial charge in [-0.1, -0.05) is 6.07 Å². The number of benzene rings is 1. The molecule has 0 aromatic heterocycles. The van der Waals surface area contributed by atoms with Crippen molar-refractivity contribution in [1.82, 2.24) is 14.1 Å². The molecule has 2 aliphatic rings. The molecule has 0 radical (unpaired) electrons. The minimum absolute atomic E-state index is 0.106. The second-order valence-electron chi connectivity index (χ2n) is 6.85. The molecule has 2 heterocycles. The zero-order chi connectivity index (χ0) is 19.4. The van der Waals surface area contributed by atoms with Gasteiger partial charge in [-0.2, -0.15) is 4.31 Å². The number of morpholine rings is 1. The fourth-order valence-corrected chi connectivity index (χ4v) is 4.85. The lowest BCUT2D eigenvalue weighted by Crippen LogP contribution is -2.49. The molecule has 150 valence electrons. The van der Waals surface area contributed by atoms with Gasteiger partial charge in [-0.3, -0.25) is 9.69 Å². The lowest BCUT2D eigenvalue weighted by Gasteiger charge is -2.34. The molecule has 1 N–H and O–H groups in total. The van der Waals surface area contributed by atoms with Crippen LogP contribution in [0.25, 0.3) is 0 Å². The van der Waals surface area contributed by atoms with Crippen LogP contribution in [0.4, 0.5) is 0 Å². The Morgan fingerprint density at radius 3 is 2.41 bits per heavy atom. The number of hydrogen-bond acceptors (Lipinski definition) is 6. The fraction of sp³-hybridized carbons (Fsp3) is 0.611. The van der Waals surface area contributed by atoms with E-state index in [0.717, 1.165) is 5.56 Å². The van der Waals surface area contributed by atoms with Gasteiger partial charge in [-0.25, -0.2) is 8.42 Å². The number of β-amino-alcohol motifs (C(OH)–C–C–N with tert-alkyl or cyclic N) is 1. The van der Waals surface area contributed by atoms with Crippen molar-refractivity contribution in [2.75, 3.05) is 65.6 Å². The Balaban J connectivity index is 1.78. The van der Waals surface area contributed by atoms with Gasteiger partial charge in [0.1, 0.15) is 0 Å². The highest BCUT2D eigenvalue weighted by Crippen LogP contribution is 2.22. The summed E-state index contributed by atoms with van der Waals surface area (Å²) >= 11 is 0. The zero-order valence-electron chi connectivity index (χ0n) is 15.6.